The molecule has 0 aliphatic carbocycles. The van der Waals surface area contributed by atoms with Gasteiger partial charge in [0.15, 0.2) is 5.58 Å². The Morgan fingerprint density at radius 3 is 3.09 bits per heavy atom. The van der Waals surface area contributed by atoms with Crippen LogP contribution in [0, 0.1) is 6.92 Å². The van der Waals surface area contributed by atoms with Gasteiger partial charge in [0.05, 0.1) is 11.2 Å². The Kier molecular flexibility index (Phi) is 1.36. The second kappa shape index (κ2) is 2.24. The normalized spacial score (nSPS) is 10.7. The van der Waals surface area contributed by atoms with Gasteiger partial charge in [-0.2, -0.15) is 0 Å². The van der Waals surface area contributed by atoms with Gasteiger partial charge in [0.2, 0.25) is 0 Å². The molecule has 0 aliphatic heterocycles. The SMILES string of the molecule is Cc1cc(Cl)c2oncc2c1. The summed E-state index contributed by atoms with van der Waals surface area (Å²) in [6, 6.07) is 3.84. The average Bonchev–Trinajstić information content (AvgIpc) is 2.34. The van der Waals surface area contributed by atoms with Crippen LogP contribution in [0.15, 0.2) is 22.9 Å². The minimum atomic E-state index is 0.623. The molecule has 0 atom stereocenters. The molecule has 0 N–H and O–H groups in total. The molecule has 3 heteroatoms. The van der Waals surface area contributed by atoms with Crippen molar-refractivity contribution in [3.8, 4) is 0 Å². The molecule has 0 aliphatic rings. The Bertz CT molecular complexity index is 394. The second-order valence-corrected chi connectivity index (χ2v) is 2.90. The highest BCUT2D eigenvalue weighted by atomic mass is 35.5. The quantitative estimate of drug-likeness (QED) is 0.603. The van der Waals surface area contributed by atoms with E-state index in [0.717, 1.165) is 10.9 Å². The molecule has 2 aromatic rings. The lowest BCUT2D eigenvalue weighted by Gasteiger charge is -1.92. The Morgan fingerprint density at radius 2 is 2.27 bits per heavy atom. The lowest BCUT2D eigenvalue weighted by atomic mass is 10.2. The molecule has 0 bridgehead atoms. The van der Waals surface area contributed by atoms with Gasteiger partial charge in [-0.3, -0.25) is 0 Å². The van der Waals surface area contributed by atoms with Crippen molar-refractivity contribution in [3.63, 3.8) is 0 Å². The van der Waals surface area contributed by atoms with Crippen molar-refractivity contribution in [2.75, 3.05) is 0 Å². The van der Waals surface area contributed by atoms with Gasteiger partial charge in [0.1, 0.15) is 0 Å². The van der Waals surface area contributed by atoms with E-state index in [2.05, 4.69) is 5.16 Å². The largest absolute Gasteiger partial charge is 0.355 e. The van der Waals surface area contributed by atoms with E-state index in [1.54, 1.807) is 6.20 Å². The summed E-state index contributed by atoms with van der Waals surface area (Å²) >= 11 is 5.87. The van der Waals surface area contributed by atoms with Crippen LogP contribution >= 0.6 is 11.6 Å². The molecule has 0 spiro atoms. The van der Waals surface area contributed by atoms with E-state index in [4.69, 9.17) is 16.1 Å². The van der Waals surface area contributed by atoms with Crippen LogP contribution in [0.4, 0.5) is 0 Å². The van der Waals surface area contributed by atoms with Gasteiger partial charge in [-0.05, 0) is 24.6 Å². The van der Waals surface area contributed by atoms with Gasteiger partial charge >= 0.3 is 0 Å². The third kappa shape index (κ3) is 0.994. The second-order valence-electron chi connectivity index (χ2n) is 2.49. The van der Waals surface area contributed by atoms with Crippen molar-refractivity contribution in [3.05, 3.63) is 28.9 Å². The first kappa shape index (κ1) is 6.68. The van der Waals surface area contributed by atoms with Crippen molar-refractivity contribution in [2.24, 2.45) is 0 Å². The van der Waals surface area contributed by atoms with Gasteiger partial charge < -0.3 is 4.52 Å². The molecule has 2 rings (SSSR count). The van der Waals surface area contributed by atoms with Crippen LogP contribution in [0.1, 0.15) is 5.56 Å². The topological polar surface area (TPSA) is 26.0 Å². The average molecular weight is 168 g/mol. The van der Waals surface area contributed by atoms with Gasteiger partial charge in [-0.25, -0.2) is 0 Å². The van der Waals surface area contributed by atoms with Crippen LogP contribution in [0.25, 0.3) is 11.0 Å². The molecule has 0 saturated heterocycles. The van der Waals surface area contributed by atoms with Crippen LogP contribution in [0.2, 0.25) is 5.02 Å². The third-order valence-electron chi connectivity index (χ3n) is 1.55. The number of hydrogen-bond acceptors (Lipinski definition) is 2. The first-order valence-corrected chi connectivity index (χ1v) is 3.66. The van der Waals surface area contributed by atoms with E-state index in [1.807, 2.05) is 19.1 Å². The molecule has 56 valence electrons. The highest BCUT2D eigenvalue weighted by molar-refractivity contribution is 6.34. The smallest absolute Gasteiger partial charge is 0.185 e. The third-order valence-corrected chi connectivity index (χ3v) is 1.83. The molecule has 0 radical (unpaired) electrons. The molecule has 0 fully saturated rings. The zero-order valence-corrected chi connectivity index (χ0v) is 6.72. The summed E-state index contributed by atoms with van der Waals surface area (Å²) in [5, 5.41) is 5.22. The van der Waals surface area contributed by atoms with E-state index in [9.17, 15) is 0 Å². The fraction of sp³-hybridized carbons (Fsp3) is 0.125. The molecular formula is C8H6ClNO. The molecule has 0 saturated carbocycles. The van der Waals surface area contributed by atoms with Crippen LogP contribution < -0.4 is 0 Å². The van der Waals surface area contributed by atoms with E-state index >= 15 is 0 Å². The predicted molar refractivity (Wildman–Crippen MR) is 43.8 cm³/mol. The summed E-state index contributed by atoms with van der Waals surface area (Å²) in [7, 11) is 0. The van der Waals surface area contributed by atoms with E-state index in [-0.39, 0.29) is 0 Å². The first-order valence-electron chi connectivity index (χ1n) is 3.28. The van der Waals surface area contributed by atoms with Gasteiger partial charge in [0.25, 0.3) is 0 Å². The number of aromatic nitrogens is 1. The van der Waals surface area contributed by atoms with Crippen molar-refractivity contribution in [1.29, 1.82) is 0 Å². The molecule has 1 aromatic heterocycles. The number of fused-ring (bicyclic) bond motifs is 1. The predicted octanol–water partition coefficient (Wildman–Crippen LogP) is 2.79. The number of rotatable bonds is 0. The number of hydrogen-bond donors (Lipinski definition) is 0. The lowest BCUT2D eigenvalue weighted by molar-refractivity contribution is 0.456. The Labute approximate surface area is 68.7 Å². The maximum atomic E-state index is 5.87. The van der Waals surface area contributed by atoms with E-state index in [0.29, 0.717) is 10.6 Å². The monoisotopic (exact) mass is 167 g/mol. The summed E-state index contributed by atoms with van der Waals surface area (Å²) in [5.41, 5.74) is 1.78. The number of nitrogens with zero attached hydrogens (tertiary/aromatic N) is 1. The van der Waals surface area contributed by atoms with Gasteiger partial charge in [-0.15, -0.1) is 0 Å². The molecule has 0 amide bonds. The van der Waals surface area contributed by atoms with Gasteiger partial charge in [0, 0.05) is 5.39 Å². The summed E-state index contributed by atoms with van der Waals surface area (Å²) in [5.74, 6) is 0. The maximum absolute atomic E-state index is 5.87. The molecule has 2 nitrogen and oxygen atoms in total. The Morgan fingerprint density at radius 1 is 1.45 bits per heavy atom. The Hall–Kier alpha value is -1.02. The molecule has 1 heterocycles. The summed E-state index contributed by atoms with van der Waals surface area (Å²) in [6.07, 6.45) is 1.66. The van der Waals surface area contributed by atoms with Gasteiger partial charge in [-0.1, -0.05) is 16.8 Å². The maximum Gasteiger partial charge on any atom is 0.185 e. The highest BCUT2D eigenvalue weighted by Gasteiger charge is 2.03. The molecule has 0 unspecified atom stereocenters. The fourth-order valence-electron chi connectivity index (χ4n) is 1.08. The highest BCUT2D eigenvalue weighted by Crippen LogP contribution is 2.24. The van der Waals surface area contributed by atoms with Crippen LogP contribution in [-0.4, -0.2) is 5.16 Å². The Balaban J connectivity index is 2.91. The standard InChI is InChI=1S/C8H6ClNO/c1-5-2-6-4-10-11-8(6)7(9)3-5/h2-4H,1H3. The van der Waals surface area contributed by atoms with Crippen molar-refractivity contribution in [2.45, 2.75) is 6.92 Å². The van der Waals surface area contributed by atoms with Crippen molar-refractivity contribution in [1.82, 2.24) is 5.16 Å². The van der Waals surface area contributed by atoms with E-state index in [1.165, 1.54) is 0 Å². The zero-order chi connectivity index (χ0) is 7.84. The summed E-state index contributed by atoms with van der Waals surface area (Å²) in [4.78, 5) is 0. The molecular weight excluding hydrogens is 162 g/mol. The summed E-state index contributed by atoms with van der Waals surface area (Å²) < 4.78 is 4.92. The summed E-state index contributed by atoms with van der Waals surface area (Å²) in [6.45, 7) is 1.98. The number of aryl methyl sites for hydroxylation is 1. The number of benzene rings is 1. The van der Waals surface area contributed by atoms with Crippen LogP contribution in [0.5, 0.6) is 0 Å². The lowest BCUT2D eigenvalue weighted by Crippen LogP contribution is -1.71. The van der Waals surface area contributed by atoms with Crippen LogP contribution in [-0.2, 0) is 0 Å². The van der Waals surface area contributed by atoms with E-state index < -0.39 is 0 Å². The minimum absolute atomic E-state index is 0.623. The molecule has 11 heavy (non-hydrogen) atoms. The minimum Gasteiger partial charge on any atom is -0.355 e. The fourth-order valence-corrected chi connectivity index (χ4v) is 1.40. The molecule has 1 aromatic carbocycles. The van der Waals surface area contributed by atoms with Crippen LogP contribution in [0.3, 0.4) is 0 Å². The first-order chi connectivity index (χ1) is 5.27. The number of halogens is 1. The van der Waals surface area contributed by atoms with Crippen molar-refractivity contribution < 1.29 is 4.52 Å². The van der Waals surface area contributed by atoms with Crippen molar-refractivity contribution >= 4 is 22.6 Å². The zero-order valence-electron chi connectivity index (χ0n) is 5.97.